The largest absolute Gasteiger partial charge is 0.460 e. The lowest BCUT2D eigenvalue weighted by atomic mass is 9.97. The normalized spacial score (nSPS) is 16.0. The fourth-order valence-corrected chi connectivity index (χ4v) is 1.11. The van der Waals surface area contributed by atoms with Crippen LogP contribution in [0.2, 0.25) is 0 Å². The van der Waals surface area contributed by atoms with Gasteiger partial charge in [0.25, 0.3) is 0 Å². The molecule has 0 aromatic rings. The zero-order valence-electron chi connectivity index (χ0n) is 13.7. The predicted octanol–water partition coefficient (Wildman–Crippen LogP) is 3.18. The van der Waals surface area contributed by atoms with Gasteiger partial charge in [-0.05, 0) is 55.4 Å². The summed E-state index contributed by atoms with van der Waals surface area (Å²) in [5, 5.41) is 0. The molecule has 0 heterocycles. The molecule has 0 aliphatic heterocycles. The van der Waals surface area contributed by atoms with E-state index in [-0.39, 0.29) is 23.8 Å². The maximum atomic E-state index is 11.7. The quantitative estimate of drug-likeness (QED) is 0.698. The van der Waals surface area contributed by atoms with Gasteiger partial charge in [-0.1, -0.05) is 0 Å². The predicted molar refractivity (Wildman–Crippen MR) is 76.1 cm³/mol. The van der Waals surface area contributed by atoms with E-state index in [0.717, 1.165) is 0 Å². The van der Waals surface area contributed by atoms with Gasteiger partial charge in [-0.25, -0.2) is 0 Å². The van der Waals surface area contributed by atoms with Crippen molar-refractivity contribution in [3.05, 3.63) is 0 Å². The second-order valence-electron chi connectivity index (χ2n) is 7.03. The van der Waals surface area contributed by atoms with E-state index in [4.69, 9.17) is 14.2 Å². The van der Waals surface area contributed by atoms with Gasteiger partial charge in [-0.3, -0.25) is 4.79 Å². The Morgan fingerprint density at radius 1 is 0.947 bits per heavy atom. The Hall–Kier alpha value is -0.610. The number of rotatable bonds is 6. The number of esters is 1. The fourth-order valence-electron chi connectivity index (χ4n) is 1.11. The Balaban J connectivity index is 3.91. The standard InChI is InChI=1S/C15H30O4/c1-11(10-18-15(6,7)8)17-9-12(2)19-13(16)14(3,4)5/h11-12H,9-10H2,1-8H3. The monoisotopic (exact) mass is 274 g/mol. The van der Waals surface area contributed by atoms with Crippen molar-refractivity contribution in [2.24, 2.45) is 5.41 Å². The number of carbonyl (C=O) groups excluding carboxylic acids is 1. The molecule has 0 saturated carbocycles. The molecule has 0 fully saturated rings. The van der Waals surface area contributed by atoms with E-state index in [1.54, 1.807) is 0 Å². The molecule has 0 amide bonds. The molecule has 4 nitrogen and oxygen atoms in total. The Morgan fingerprint density at radius 2 is 1.47 bits per heavy atom. The third-order valence-electron chi connectivity index (χ3n) is 2.29. The lowest BCUT2D eigenvalue weighted by molar-refractivity contribution is -0.162. The van der Waals surface area contributed by atoms with Gasteiger partial charge in [0.15, 0.2) is 0 Å². The Kier molecular flexibility index (Phi) is 7.01. The van der Waals surface area contributed by atoms with Crippen molar-refractivity contribution in [3.8, 4) is 0 Å². The molecule has 19 heavy (non-hydrogen) atoms. The first kappa shape index (κ1) is 18.4. The molecule has 0 radical (unpaired) electrons. The van der Waals surface area contributed by atoms with Gasteiger partial charge in [0.05, 0.1) is 30.3 Å². The highest BCUT2D eigenvalue weighted by Gasteiger charge is 2.25. The number of ether oxygens (including phenoxy) is 3. The van der Waals surface area contributed by atoms with Crippen molar-refractivity contribution in [2.75, 3.05) is 13.2 Å². The summed E-state index contributed by atoms with van der Waals surface area (Å²) in [7, 11) is 0. The van der Waals surface area contributed by atoms with Gasteiger partial charge >= 0.3 is 5.97 Å². The van der Waals surface area contributed by atoms with Crippen LogP contribution in [0.1, 0.15) is 55.4 Å². The van der Waals surface area contributed by atoms with Crippen LogP contribution < -0.4 is 0 Å². The summed E-state index contributed by atoms with van der Waals surface area (Å²) in [4.78, 5) is 11.7. The molecule has 0 aromatic carbocycles. The lowest BCUT2D eigenvalue weighted by Gasteiger charge is -2.24. The first-order valence-electron chi connectivity index (χ1n) is 6.88. The molecule has 0 bridgehead atoms. The first-order valence-corrected chi connectivity index (χ1v) is 6.88. The zero-order valence-corrected chi connectivity index (χ0v) is 13.7. The van der Waals surface area contributed by atoms with E-state index in [2.05, 4.69) is 0 Å². The average molecular weight is 274 g/mol. The minimum atomic E-state index is -0.477. The van der Waals surface area contributed by atoms with Crippen LogP contribution in [0.15, 0.2) is 0 Å². The fraction of sp³-hybridized carbons (Fsp3) is 0.933. The second-order valence-corrected chi connectivity index (χ2v) is 7.03. The van der Waals surface area contributed by atoms with Gasteiger partial charge in [0.1, 0.15) is 6.10 Å². The minimum absolute atomic E-state index is 0.0185. The highest BCUT2D eigenvalue weighted by molar-refractivity contribution is 5.75. The smallest absolute Gasteiger partial charge is 0.311 e. The molecule has 2 atom stereocenters. The maximum absolute atomic E-state index is 11.7. The first-order chi connectivity index (χ1) is 8.42. The average Bonchev–Trinajstić information content (AvgIpc) is 2.21. The van der Waals surface area contributed by atoms with Crippen LogP contribution in [0.5, 0.6) is 0 Å². The van der Waals surface area contributed by atoms with Crippen molar-refractivity contribution in [1.29, 1.82) is 0 Å². The van der Waals surface area contributed by atoms with Gasteiger partial charge in [0, 0.05) is 0 Å². The van der Waals surface area contributed by atoms with Crippen LogP contribution in [0.4, 0.5) is 0 Å². The molecule has 0 aliphatic rings. The molecule has 0 rings (SSSR count). The van der Waals surface area contributed by atoms with E-state index in [1.807, 2.05) is 55.4 Å². The summed E-state index contributed by atoms with van der Waals surface area (Å²) in [6, 6.07) is 0. The van der Waals surface area contributed by atoms with Crippen LogP contribution in [0, 0.1) is 5.41 Å². The second kappa shape index (κ2) is 7.25. The maximum Gasteiger partial charge on any atom is 0.311 e. The molecule has 4 heteroatoms. The van der Waals surface area contributed by atoms with E-state index < -0.39 is 5.41 Å². The summed E-state index contributed by atoms with van der Waals surface area (Å²) >= 11 is 0. The van der Waals surface area contributed by atoms with Gasteiger partial charge in [-0.2, -0.15) is 0 Å². The molecule has 0 aromatic heterocycles. The lowest BCUT2D eigenvalue weighted by Crippen LogP contribution is -2.31. The molecular weight excluding hydrogens is 244 g/mol. The van der Waals surface area contributed by atoms with Crippen LogP contribution in [-0.2, 0) is 19.0 Å². The molecule has 114 valence electrons. The number of hydrogen-bond acceptors (Lipinski definition) is 4. The van der Waals surface area contributed by atoms with Crippen LogP contribution in [-0.4, -0.2) is 37.0 Å². The summed E-state index contributed by atoms with van der Waals surface area (Å²) in [6.07, 6.45) is -0.265. The van der Waals surface area contributed by atoms with Gasteiger partial charge in [-0.15, -0.1) is 0 Å². The summed E-state index contributed by atoms with van der Waals surface area (Å²) in [5.41, 5.74) is -0.642. The third-order valence-corrected chi connectivity index (χ3v) is 2.29. The molecular formula is C15H30O4. The van der Waals surface area contributed by atoms with E-state index >= 15 is 0 Å². The van der Waals surface area contributed by atoms with Crippen molar-refractivity contribution in [2.45, 2.75) is 73.2 Å². The Bertz CT molecular complexity index is 273. The number of hydrogen-bond donors (Lipinski definition) is 0. The zero-order chi connectivity index (χ0) is 15.3. The Morgan fingerprint density at radius 3 is 1.89 bits per heavy atom. The molecule has 0 aliphatic carbocycles. The molecule has 0 saturated heterocycles. The summed E-state index contributed by atoms with van der Waals surface area (Å²) in [6.45, 7) is 16.2. The molecule has 2 unspecified atom stereocenters. The van der Waals surface area contributed by atoms with Crippen molar-refractivity contribution < 1.29 is 19.0 Å². The topological polar surface area (TPSA) is 44.8 Å². The van der Waals surface area contributed by atoms with Crippen molar-refractivity contribution in [1.82, 2.24) is 0 Å². The number of carbonyl (C=O) groups is 1. The minimum Gasteiger partial charge on any atom is -0.460 e. The van der Waals surface area contributed by atoms with Crippen LogP contribution in [0.3, 0.4) is 0 Å². The van der Waals surface area contributed by atoms with Crippen LogP contribution in [0.25, 0.3) is 0 Å². The van der Waals surface area contributed by atoms with Gasteiger partial charge < -0.3 is 14.2 Å². The van der Waals surface area contributed by atoms with Crippen molar-refractivity contribution >= 4 is 5.97 Å². The molecule has 0 N–H and O–H groups in total. The third kappa shape index (κ3) is 9.91. The highest BCUT2D eigenvalue weighted by Crippen LogP contribution is 2.16. The van der Waals surface area contributed by atoms with E-state index in [1.165, 1.54) is 0 Å². The Labute approximate surface area is 117 Å². The summed E-state index contributed by atoms with van der Waals surface area (Å²) in [5.74, 6) is -0.206. The SMILES string of the molecule is CC(COC(C)(C)C)OCC(C)OC(=O)C(C)(C)C. The van der Waals surface area contributed by atoms with Gasteiger partial charge in [0.2, 0.25) is 0 Å². The highest BCUT2D eigenvalue weighted by atomic mass is 16.6. The summed E-state index contributed by atoms with van der Waals surface area (Å²) < 4.78 is 16.5. The van der Waals surface area contributed by atoms with Crippen LogP contribution >= 0.6 is 0 Å². The van der Waals surface area contributed by atoms with E-state index in [0.29, 0.717) is 13.2 Å². The van der Waals surface area contributed by atoms with Crippen molar-refractivity contribution in [3.63, 3.8) is 0 Å². The molecule has 0 spiro atoms. The van der Waals surface area contributed by atoms with E-state index in [9.17, 15) is 4.79 Å².